The number of allylic oxidation sites excluding steroid dienone is 1. The van der Waals surface area contributed by atoms with Gasteiger partial charge in [0.2, 0.25) is 0 Å². The molecule has 8 heteroatoms. The minimum Gasteiger partial charge on any atom is -0.460 e. The lowest BCUT2D eigenvalue weighted by molar-refractivity contribution is -0.148. The highest BCUT2D eigenvalue weighted by Gasteiger charge is 2.24. The highest BCUT2D eigenvalue weighted by Crippen LogP contribution is 2.06. The van der Waals surface area contributed by atoms with Crippen molar-refractivity contribution < 1.29 is 27.2 Å². The van der Waals surface area contributed by atoms with E-state index in [0.29, 0.717) is 26.3 Å². The van der Waals surface area contributed by atoms with Crippen LogP contribution in [0.15, 0.2) is 12.2 Å². The van der Waals surface area contributed by atoms with E-state index < -0.39 is 27.9 Å². The third kappa shape index (κ3) is 10.4. The van der Waals surface area contributed by atoms with Crippen molar-refractivity contribution in [2.75, 3.05) is 38.6 Å². The Hall–Kier alpha value is -0.960. The van der Waals surface area contributed by atoms with E-state index in [4.69, 9.17) is 14.0 Å². The maximum Gasteiger partial charge on any atom is 0.309 e. The molecule has 1 heterocycles. The van der Waals surface area contributed by atoms with Gasteiger partial charge in [0.25, 0.3) is 10.1 Å². The molecule has 0 aromatic carbocycles. The SMILES string of the molecule is CCCC/C=C\CC(=O)OC(CN1CCOCC1)CS(=O)(=O)O. The number of carbonyl (C=O) groups excluding carboxylic acids is 1. The van der Waals surface area contributed by atoms with E-state index in [9.17, 15) is 13.2 Å². The van der Waals surface area contributed by atoms with Crippen LogP contribution in [0.25, 0.3) is 0 Å². The molecule has 0 amide bonds. The second-order valence-electron chi connectivity index (χ2n) is 5.59. The van der Waals surface area contributed by atoms with Crippen LogP contribution in [0.3, 0.4) is 0 Å². The summed E-state index contributed by atoms with van der Waals surface area (Å²) in [6, 6.07) is 0. The molecule has 1 aliphatic rings. The van der Waals surface area contributed by atoms with Gasteiger partial charge in [-0.3, -0.25) is 14.2 Å². The standard InChI is InChI=1S/C15H27NO6S/c1-2-3-4-5-6-7-15(17)22-14(13-23(18,19)20)12-16-8-10-21-11-9-16/h5-6,14H,2-4,7-13H2,1H3,(H,18,19,20)/b6-5-. The quantitative estimate of drug-likeness (QED) is 0.275. The molecule has 1 N–H and O–H groups in total. The van der Waals surface area contributed by atoms with Gasteiger partial charge < -0.3 is 9.47 Å². The third-order valence-electron chi connectivity index (χ3n) is 3.44. The maximum absolute atomic E-state index is 11.8. The third-order valence-corrected chi connectivity index (χ3v) is 4.23. The van der Waals surface area contributed by atoms with Gasteiger partial charge in [-0.2, -0.15) is 8.42 Å². The molecule has 0 saturated carbocycles. The summed E-state index contributed by atoms with van der Waals surface area (Å²) in [5.74, 6) is -1.07. The summed E-state index contributed by atoms with van der Waals surface area (Å²) in [6.07, 6.45) is 5.95. The van der Waals surface area contributed by atoms with E-state index in [1.54, 1.807) is 6.08 Å². The molecule has 0 aromatic heterocycles. The Bertz CT molecular complexity index is 470. The number of ether oxygens (including phenoxy) is 2. The minimum absolute atomic E-state index is 0.106. The summed E-state index contributed by atoms with van der Waals surface area (Å²) in [5.41, 5.74) is 0. The van der Waals surface area contributed by atoms with Crippen molar-refractivity contribution in [1.82, 2.24) is 4.90 Å². The van der Waals surface area contributed by atoms with Gasteiger partial charge in [-0.05, 0) is 6.42 Å². The van der Waals surface area contributed by atoms with Crippen LogP contribution in [0, 0.1) is 0 Å². The lowest BCUT2D eigenvalue weighted by Crippen LogP contribution is -2.44. The van der Waals surface area contributed by atoms with Crippen LogP contribution in [0.2, 0.25) is 0 Å². The van der Waals surface area contributed by atoms with Crippen LogP contribution in [-0.2, 0) is 24.4 Å². The Kier molecular flexibility index (Phi) is 9.39. The fourth-order valence-corrected chi connectivity index (χ4v) is 2.93. The number of unbranched alkanes of at least 4 members (excludes halogenated alkanes) is 2. The fraction of sp³-hybridized carbons (Fsp3) is 0.800. The van der Waals surface area contributed by atoms with E-state index >= 15 is 0 Å². The van der Waals surface area contributed by atoms with E-state index in [1.807, 2.05) is 11.0 Å². The number of hydrogen-bond donors (Lipinski definition) is 1. The Labute approximate surface area is 138 Å². The van der Waals surface area contributed by atoms with Crippen LogP contribution in [0.5, 0.6) is 0 Å². The van der Waals surface area contributed by atoms with Gasteiger partial charge in [0.05, 0.1) is 19.6 Å². The van der Waals surface area contributed by atoms with Crippen molar-refractivity contribution in [3.8, 4) is 0 Å². The first-order valence-electron chi connectivity index (χ1n) is 8.00. The first-order valence-corrected chi connectivity index (χ1v) is 9.61. The largest absolute Gasteiger partial charge is 0.460 e. The number of nitrogens with zero attached hydrogens (tertiary/aromatic N) is 1. The molecule has 0 spiro atoms. The molecule has 1 aliphatic heterocycles. The Balaban J connectivity index is 2.47. The van der Waals surface area contributed by atoms with Gasteiger partial charge in [-0.15, -0.1) is 0 Å². The number of carbonyl (C=O) groups is 1. The number of rotatable bonds is 10. The molecule has 7 nitrogen and oxygen atoms in total. The number of esters is 1. The topological polar surface area (TPSA) is 93.1 Å². The molecule has 0 bridgehead atoms. The Morgan fingerprint density at radius 2 is 2.04 bits per heavy atom. The predicted octanol–water partition coefficient (Wildman–Crippen LogP) is 1.25. The second-order valence-corrected chi connectivity index (χ2v) is 7.09. The van der Waals surface area contributed by atoms with Gasteiger partial charge in [0.15, 0.2) is 0 Å². The van der Waals surface area contributed by atoms with E-state index in [0.717, 1.165) is 19.3 Å². The van der Waals surface area contributed by atoms with Crippen molar-refractivity contribution in [2.24, 2.45) is 0 Å². The van der Waals surface area contributed by atoms with E-state index in [1.165, 1.54) is 0 Å². The molecular weight excluding hydrogens is 322 g/mol. The van der Waals surface area contributed by atoms with Crippen molar-refractivity contribution in [3.63, 3.8) is 0 Å². The molecule has 1 saturated heterocycles. The summed E-state index contributed by atoms with van der Waals surface area (Å²) < 4.78 is 41.7. The maximum atomic E-state index is 11.8. The summed E-state index contributed by atoms with van der Waals surface area (Å²) >= 11 is 0. The average molecular weight is 349 g/mol. The first kappa shape index (κ1) is 20.1. The number of hydrogen-bond acceptors (Lipinski definition) is 6. The van der Waals surface area contributed by atoms with Crippen molar-refractivity contribution in [3.05, 3.63) is 12.2 Å². The van der Waals surface area contributed by atoms with Gasteiger partial charge in [0, 0.05) is 19.6 Å². The van der Waals surface area contributed by atoms with Gasteiger partial charge in [0.1, 0.15) is 11.9 Å². The molecule has 1 fully saturated rings. The van der Waals surface area contributed by atoms with Gasteiger partial charge in [-0.25, -0.2) is 0 Å². The highest BCUT2D eigenvalue weighted by atomic mass is 32.2. The first-order chi connectivity index (χ1) is 10.9. The van der Waals surface area contributed by atoms with E-state index in [2.05, 4.69) is 6.92 Å². The smallest absolute Gasteiger partial charge is 0.309 e. The summed E-state index contributed by atoms with van der Waals surface area (Å²) in [7, 11) is -4.21. The molecule has 23 heavy (non-hydrogen) atoms. The molecular formula is C15H27NO6S. The Morgan fingerprint density at radius 3 is 2.65 bits per heavy atom. The summed E-state index contributed by atoms with van der Waals surface area (Å²) in [5, 5.41) is 0. The predicted molar refractivity (Wildman–Crippen MR) is 86.8 cm³/mol. The molecule has 1 unspecified atom stereocenters. The lowest BCUT2D eigenvalue weighted by atomic mass is 10.2. The zero-order valence-electron chi connectivity index (χ0n) is 13.6. The lowest BCUT2D eigenvalue weighted by Gasteiger charge is -2.29. The van der Waals surface area contributed by atoms with Crippen LogP contribution < -0.4 is 0 Å². The van der Waals surface area contributed by atoms with Crippen LogP contribution >= 0.6 is 0 Å². The monoisotopic (exact) mass is 349 g/mol. The van der Waals surface area contributed by atoms with Crippen LogP contribution in [0.4, 0.5) is 0 Å². The number of morpholine rings is 1. The van der Waals surface area contributed by atoms with Gasteiger partial charge >= 0.3 is 5.97 Å². The molecule has 0 aromatic rings. The molecule has 134 valence electrons. The van der Waals surface area contributed by atoms with Crippen molar-refractivity contribution >= 4 is 16.1 Å². The Morgan fingerprint density at radius 1 is 1.35 bits per heavy atom. The zero-order valence-corrected chi connectivity index (χ0v) is 14.5. The average Bonchev–Trinajstić information content (AvgIpc) is 2.46. The molecule has 1 atom stereocenters. The van der Waals surface area contributed by atoms with Crippen LogP contribution in [-0.4, -0.2) is 68.5 Å². The van der Waals surface area contributed by atoms with Crippen molar-refractivity contribution in [2.45, 2.75) is 38.7 Å². The minimum atomic E-state index is -4.21. The molecule has 0 radical (unpaired) electrons. The highest BCUT2D eigenvalue weighted by molar-refractivity contribution is 7.85. The normalized spacial score (nSPS) is 18.2. The zero-order chi connectivity index (χ0) is 17.1. The van der Waals surface area contributed by atoms with Crippen molar-refractivity contribution in [1.29, 1.82) is 0 Å². The fourth-order valence-electron chi connectivity index (χ4n) is 2.28. The summed E-state index contributed by atoms with van der Waals surface area (Å²) in [6.45, 7) is 4.79. The van der Waals surface area contributed by atoms with Gasteiger partial charge in [-0.1, -0.05) is 31.9 Å². The molecule has 0 aliphatic carbocycles. The second kappa shape index (κ2) is 10.7. The van der Waals surface area contributed by atoms with E-state index in [-0.39, 0.29) is 13.0 Å². The summed E-state index contributed by atoms with van der Waals surface area (Å²) in [4.78, 5) is 13.8. The molecule has 1 rings (SSSR count). The van der Waals surface area contributed by atoms with Crippen LogP contribution in [0.1, 0.15) is 32.6 Å².